The summed E-state index contributed by atoms with van der Waals surface area (Å²) in [6.07, 6.45) is 9.70. The largest absolute Gasteiger partial charge is 0.336 e. The second kappa shape index (κ2) is 5.88. The Morgan fingerprint density at radius 2 is 2.20 bits per heavy atom. The van der Waals surface area contributed by atoms with Gasteiger partial charge in [-0.25, -0.2) is 9.97 Å². The van der Waals surface area contributed by atoms with Gasteiger partial charge in [0.2, 0.25) is 0 Å². The summed E-state index contributed by atoms with van der Waals surface area (Å²) in [5.41, 5.74) is 2.36. The molecule has 0 amide bonds. The fourth-order valence-corrected chi connectivity index (χ4v) is 2.41. The minimum atomic E-state index is 0.886. The molecule has 20 heavy (non-hydrogen) atoms. The van der Waals surface area contributed by atoms with Crippen LogP contribution in [-0.2, 0) is 19.6 Å². The molecule has 5 heteroatoms. The molecule has 0 fully saturated rings. The predicted octanol–water partition coefficient (Wildman–Crippen LogP) is 2.04. The minimum absolute atomic E-state index is 0.886. The van der Waals surface area contributed by atoms with Gasteiger partial charge in [0.15, 0.2) is 0 Å². The van der Waals surface area contributed by atoms with E-state index in [1.165, 1.54) is 10.9 Å². The van der Waals surface area contributed by atoms with E-state index in [0.717, 1.165) is 31.8 Å². The van der Waals surface area contributed by atoms with E-state index in [2.05, 4.69) is 43.6 Å². The van der Waals surface area contributed by atoms with Gasteiger partial charge in [0.1, 0.15) is 5.65 Å². The second-order valence-corrected chi connectivity index (χ2v) is 4.80. The number of aryl methyl sites for hydroxylation is 2. The third-order valence-electron chi connectivity index (χ3n) is 3.44. The molecule has 0 radical (unpaired) electrons. The highest BCUT2D eigenvalue weighted by molar-refractivity contribution is 5.80. The van der Waals surface area contributed by atoms with Crippen molar-refractivity contribution in [3.63, 3.8) is 0 Å². The van der Waals surface area contributed by atoms with E-state index in [-0.39, 0.29) is 0 Å². The van der Waals surface area contributed by atoms with Crippen LogP contribution in [0.15, 0.2) is 43.2 Å². The van der Waals surface area contributed by atoms with Gasteiger partial charge in [0, 0.05) is 49.8 Å². The molecule has 0 aromatic carbocycles. The van der Waals surface area contributed by atoms with Crippen molar-refractivity contribution in [3.8, 4) is 0 Å². The lowest BCUT2D eigenvalue weighted by molar-refractivity contribution is 0.587. The molecule has 0 aliphatic carbocycles. The van der Waals surface area contributed by atoms with E-state index >= 15 is 0 Å². The van der Waals surface area contributed by atoms with Crippen molar-refractivity contribution in [2.75, 3.05) is 6.54 Å². The highest BCUT2D eigenvalue weighted by Gasteiger charge is 2.08. The van der Waals surface area contributed by atoms with Crippen LogP contribution in [0.2, 0.25) is 0 Å². The number of pyridine rings is 1. The molecule has 0 atom stereocenters. The van der Waals surface area contributed by atoms with E-state index in [1.54, 1.807) is 0 Å². The van der Waals surface area contributed by atoms with Crippen LogP contribution in [0.1, 0.15) is 12.5 Å². The first-order valence-electron chi connectivity index (χ1n) is 6.97. The smallest absolute Gasteiger partial charge is 0.140 e. The van der Waals surface area contributed by atoms with E-state index in [9.17, 15) is 0 Å². The zero-order valence-corrected chi connectivity index (χ0v) is 11.7. The molecule has 1 N–H and O–H groups in total. The van der Waals surface area contributed by atoms with Crippen molar-refractivity contribution in [1.82, 2.24) is 24.4 Å². The molecule has 5 nitrogen and oxygen atoms in total. The summed E-state index contributed by atoms with van der Waals surface area (Å²) in [6.45, 7) is 5.78. The number of imidazole rings is 1. The Balaban J connectivity index is 1.86. The molecule has 3 heterocycles. The third-order valence-corrected chi connectivity index (χ3v) is 3.44. The summed E-state index contributed by atoms with van der Waals surface area (Å²) in [6, 6.07) is 4.14. The minimum Gasteiger partial charge on any atom is -0.336 e. The Hall–Kier alpha value is -2.14. The number of hydrogen-bond donors (Lipinski definition) is 1. The van der Waals surface area contributed by atoms with Crippen LogP contribution in [0.4, 0.5) is 0 Å². The molecule has 0 saturated carbocycles. The Bertz CT molecular complexity index is 669. The maximum absolute atomic E-state index is 4.52. The van der Waals surface area contributed by atoms with Crippen LogP contribution in [0.3, 0.4) is 0 Å². The van der Waals surface area contributed by atoms with Gasteiger partial charge in [0.05, 0.1) is 6.33 Å². The monoisotopic (exact) mass is 269 g/mol. The molecule has 0 aliphatic heterocycles. The summed E-state index contributed by atoms with van der Waals surface area (Å²) in [5.74, 6) is 0. The number of hydrogen-bond acceptors (Lipinski definition) is 3. The van der Waals surface area contributed by atoms with Crippen LogP contribution in [0.25, 0.3) is 11.0 Å². The number of aromatic nitrogens is 4. The molecule has 0 spiro atoms. The van der Waals surface area contributed by atoms with Gasteiger partial charge in [0.25, 0.3) is 0 Å². The summed E-state index contributed by atoms with van der Waals surface area (Å²) in [5, 5.41) is 4.62. The predicted molar refractivity (Wildman–Crippen MR) is 79.3 cm³/mol. The standard InChI is InChI=1S/C15H19N5/c1-2-16-10-13-11-20(9-8-19-7-6-17-12-19)15-14(13)4-3-5-18-15/h3-7,11-12,16H,2,8-10H2,1H3. The average molecular weight is 269 g/mol. The molecular weight excluding hydrogens is 250 g/mol. The Morgan fingerprint density at radius 3 is 3.00 bits per heavy atom. The first-order chi connectivity index (χ1) is 9.88. The molecule has 3 rings (SSSR count). The molecule has 0 aliphatic rings. The quantitative estimate of drug-likeness (QED) is 0.745. The van der Waals surface area contributed by atoms with Gasteiger partial charge in [-0.3, -0.25) is 0 Å². The second-order valence-electron chi connectivity index (χ2n) is 4.80. The summed E-state index contributed by atoms with van der Waals surface area (Å²) < 4.78 is 4.31. The molecule has 0 saturated heterocycles. The van der Waals surface area contributed by atoms with Crippen molar-refractivity contribution in [3.05, 3.63) is 48.8 Å². The first kappa shape index (κ1) is 12.9. The molecule has 0 bridgehead atoms. The highest BCUT2D eigenvalue weighted by atomic mass is 15.1. The maximum atomic E-state index is 4.52. The lowest BCUT2D eigenvalue weighted by atomic mass is 10.2. The SMILES string of the molecule is CCNCc1cn(CCn2ccnc2)c2ncccc12. The molecule has 0 unspecified atom stereocenters. The van der Waals surface area contributed by atoms with E-state index in [4.69, 9.17) is 0 Å². The lowest BCUT2D eigenvalue weighted by Crippen LogP contribution is -2.11. The van der Waals surface area contributed by atoms with Crippen molar-refractivity contribution in [2.45, 2.75) is 26.6 Å². The number of nitrogens with zero attached hydrogens (tertiary/aromatic N) is 4. The Morgan fingerprint density at radius 1 is 1.25 bits per heavy atom. The molecule has 104 valence electrons. The van der Waals surface area contributed by atoms with E-state index in [1.807, 2.05) is 31.0 Å². The van der Waals surface area contributed by atoms with Crippen LogP contribution < -0.4 is 5.32 Å². The molecular formula is C15H19N5. The summed E-state index contributed by atoms with van der Waals surface area (Å²) in [4.78, 5) is 8.59. The van der Waals surface area contributed by atoms with Crippen LogP contribution >= 0.6 is 0 Å². The number of rotatable bonds is 6. The lowest BCUT2D eigenvalue weighted by Gasteiger charge is -2.05. The summed E-state index contributed by atoms with van der Waals surface area (Å²) >= 11 is 0. The van der Waals surface area contributed by atoms with Gasteiger partial charge in [-0.05, 0) is 24.2 Å². The van der Waals surface area contributed by atoms with Crippen LogP contribution in [0.5, 0.6) is 0 Å². The van der Waals surface area contributed by atoms with Gasteiger partial charge in [-0.15, -0.1) is 0 Å². The molecule has 3 aromatic rings. The van der Waals surface area contributed by atoms with Crippen molar-refractivity contribution < 1.29 is 0 Å². The number of nitrogens with one attached hydrogen (secondary N) is 1. The van der Waals surface area contributed by atoms with E-state index < -0.39 is 0 Å². The van der Waals surface area contributed by atoms with Gasteiger partial charge < -0.3 is 14.5 Å². The van der Waals surface area contributed by atoms with Crippen molar-refractivity contribution >= 4 is 11.0 Å². The highest BCUT2D eigenvalue weighted by Crippen LogP contribution is 2.19. The number of fused-ring (bicyclic) bond motifs is 1. The third kappa shape index (κ3) is 2.58. The van der Waals surface area contributed by atoms with Crippen molar-refractivity contribution in [2.24, 2.45) is 0 Å². The Kier molecular flexibility index (Phi) is 3.78. The average Bonchev–Trinajstić information content (AvgIpc) is 3.11. The van der Waals surface area contributed by atoms with Gasteiger partial charge >= 0.3 is 0 Å². The first-order valence-corrected chi connectivity index (χ1v) is 6.97. The fraction of sp³-hybridized carbons (Fsp3) is 0.333. The van der Waals surface area contributed by atoms with Gasteiger partial charge in [-0.1, -0.05) is 6.92 Å². The Labute approximate surface area is 118 Å². The van der Waals surface area contributed by atoms with Crippen LogP contribution in [-0.4, -0.2) is 25.6 Å². The topological polar surface area (TPSA) is 47.7 Å². The van der Waals surface area contributed by atoms with E-state index in [0.29, 0.717) is 0 Å². The van der Waals surface area contributed by atoms with Gasteiger partial charge in [-0.2, -0.15) is 0 Å². The maximum Gasteiger partial charge on any atom is 0.140 e. The molecule has 3 aromatic heterocycles. The van der Waals surface area contributed by atoms with Crippen LogP contribution in [0, 0.1) is 0 Å². The zero-order chi connectivity index (χ0) is 13.8. The van der Waals surface area contributed by atoms with Crippen molar-refractivity contribution in [1.29, 1.82) is 0 Å². The normalized spacial score (nSPS) is 11.2. The fourth-order valence-electron chi connectivity index (χ4n) is 2.41. The zero-order valence-electron chi connectivity index (χ0n) is 11.7. The summed E-state index contributed by atoms with van der Waals surface area (Å²) in [7, 11) is 0.